The van der Waals surface area contributed by atoms with Crippen LogP contribution >= 0.6 is 0 Å². The van der Waals surface area contributed by atoms with Gasteiger partial charge < -0.3 is 10.8 Å². The van der Waals surface area contributed by atoms with Crippen LogP contribution in [0.4, 0.5) is 0 Å². The number of hydrogen-bond donors (Lipinski definition) is 2. The Morgan fingerprint density at radius 3 is 2.38 bits per heavy atom. The summed E-state index contributed by atoms with van der Waals surface area (Å²) in [5.74, 6) is -0.959. The van der Waals surface area contributed by atoms with E-state index in [1.807, 2.05) is 30.3 Å². The molecule has 0 heterocycles. The zero-order valence-corrected chi connectivity index (χ0v) is 11.0. The fourth-order valence-electron chi connectivity index (χ4n) is 0.955. The Kier molecular flexibility index (Phi) is 5.86. The Labute approximate surface area is 96.4 Å². The van der Waals surface area contributed by atoms with Gasteiger partial charge in [0.15, 0.2) is 0 Å². The summed E-state index contributed by atoms with van der Waals surface area (Å²) in [5, 5.41) is 8.52. The van der Waals surface area contributed by atoms with E-state index < -0.39 is 12.0 Å². The molecule has 13 heavy (non-hydrogen) atoms. The molecular weight excluding hydrogens is 363 g/mol. The summed E-state index contributed by atoms with van der Waals surface area (Å²) in [5.41, 5.74) is 6.30. The molecule has 0 bridgehead atoms. The van der Waals surface area contributed by atoms with Crippen LogP contribution in [0.15, 0.2) is 30.3 Å². The number of aliphatic carboxylic acids is 1. The Morgan fingerprint density at radius 1 is 1.38 bits per heavy atom. The third kappa shape index (κ3) is 4.35. The molecule has 1 aromatic carbocycles. The molecule has 0 aliphatic rings. The maximum atomic E-state index is 10.4. The second-order valence-corrected chi connectivity index (χ2v) is 2.63. The molecule has 1 aromatic rings. The quantitative estimate of drug-likeness (QED) is 0.763. The molecule has 0 radical (unpaired) electrons. The Bertz CT molecular complexity index is 264. The summed E-state index contributed by atoms with van der Waals surface area (Å²) in [7, 11) is 0. The average molecular weight is 376 g/mol. The summed E-state index contributed by atoms with van der Waals surface area (Å²) < 4.78 is 0. The Hall–Kier alpha value is -0.454. The topological polar surface area (TPSA) is 63.3 Å². The van der Waals surface area contributed by atoms with Crippen molar-refractivity contribution < 1.29 is 9.90 Å². The van der Waals surface area contributed by atoms with E-state index in [-0.39, 0.29) is 26.6 Å². The monoisotopic (exact) mass is 376 g/mol. The first kappa shape index (κ1) is 12.5. The molecule has 0 spiro atoms. The van der Waals surface area contributed by atoms with Crippen LogP contribution in [0.3, 0.4) is 0 Å². The molecule has 0 saturated carbocycles. The van der Waals surface area contributed by atoms with Gasteiger partial charge in [0.2, 0.25) is 0 Å². The fraction of sp³-hybridized carbons (Fsp3) is 0.222. The third-order valence-electron chi connectivity index (χ3n) is 1.62. The van der Waals surface area contributed by atoms with Gasteiger partial charge in [0.05, 0.1) is 0 Å². The van der Waals surface area contributed by atoms with Crippen molar-refractivity contribution in [1.29, 1.82) is 0 Å². The van der Waals surface area contributed by atoms with Gasteiger partial charge in [-0.25, -0.2) is 0 Å². The van der Waals surface area contributed by atoms with Gasteiger partial charge in [0, 0.05) is 0 Å². The van der Waals surface area contributed by atoms with Crippen molar-refractivity contribution in [3.8, 4) is 0 Å². The van der Waals surface area contributed by atoms with E-state index in [4.69, 9.17) is 10.8 Å². The molecule has 4 heteroatoms. The van der Waals surface area contributed by atoms with E-state index in [0.717, 1.165) is 5.56 Å². The van der Waals surface area contributed by atoms with Gasteiger partial charge in [0.25, 0.3) is 0 Å². The van der Waals surface area contributed by atoms with Crippen LogP contribution in [0, 0.1) is 0 Å². The van der Waals surface area contributed by atoms with Crippen molar-refractivity contribution in [3.63, 3.8) is 0 Å². The Morgan fingerprint density at radius 2 is 1.92 bits per heavy atom. The van der Waals surface area contributed by atoms with Gasteiger partial charge in [-0.1, -0.05) is 30.3 Å². The van der Waals surface area contributed by atoms with Gasteiger partial charge >= 0.3 is 32.5 Å². The number of benzene rings is 1. The fourth-order valence-corrected chi connectivity index (χ4v) is 0.955. The maximum absolute atomic E-state index is 10.4. The molecule has 0 aromatic heterocycles. The molecule has 0 amide bonds. The van der Waals surface area contributed by atoms with E-state index in [9.17, 15) is 4.79 Å². The molecule has 1 atom stereocenters. The molecule has 3 nitrogen and oxygen atoms in total. The first-order valence-electron chi connectivity index (χ1n) is 3.72. The standard InChI is InChI=1S/C9H11NO2.Po.2H/c10-8(9(11)12)6-7-4-2-1-3-5-7;;;/h1-5,8H,6,10H2,(H,11,12);;;/t8-;;;/m0.../s1. The number of carboxylic acids is 1. The normalized spacial score (nSPS) is 11.5. The van der Waals surface area contributed by atoms with Crippen LogP contribution in [0.25, 0.3) is 0 Å². The number of carbonyl (C=O) groups is 1. The van der Waals surface area contributed by atoms with Crippen molar-refractivity contribution in [2.45, 2.75) is 12.5 Å². The van der Waals surface area contributed by atoms with E-state index >= 15 is 0 Å². The van der Waals surface area contributed by atoms with Gasteiger partial charge in [-0.15, -0.1) is 0 Å². The number of rotatable bonds is 3. The number of nitrogens with two attached hydrogens (primary N) is 1. The predicted octanol–water partition coefficient (Wildman–Crippen LogP) is -0.275. The summed E-state index contributed by atoms with van der Waals surface area (Å²) >= 11 is 0. The second kappa shape index (κ2) is 6.07. The summed E-state index contributed by atoms with van der Waals surface area (Å²) in [6.07, 6.45) is 0.385. The van der Waals surface area contributed by atoms with Crippen molar-refractivity contribution >= 4 is 32.5 Å². The first-order valence-corrected chi connectivity index (χ1v) is 3.72. The average Bonchev–Trinajstić information content (AvgIpc) is 2.06. The van der Waals surface area contributed by atoms with Crippen LogP contribution in [0.1, 0.15) is 5.56 Å². The van der Waals surface area contributed by atoms with Crippen LogP contribution in [0.5, 0.6) is 0 Å². The van der Waals surface area contributed by atoms with Gasteiger partial charge in [-0.2, -0.15) is 0 Å². The van der Waals surface area contributed by atoms with Gasteiger partial charge in [-0.05, 0) is 12.0 Å². The minimum absolute atomic E-state index is 0. The van der Waals surface area contributed by atoms with Crippen LogP contribution in [0.2, 0.25) is 0 Å². The molecule has 0 aliphatic heterocycles. The molecule has 0 unspecified atom stereocenters. The van der Waals surface area contributed by atoms with Gasteiger partial charge in [0.1, 0.15) is 6.04 Å². The second-order valence-electron chi connectivity index (χ2n) is 2.63. The van der Waals surface area contributed by atoms with E-state index in [1.165, 1.54) is 0 Å². The summed E-state index contributed by atoms with van der Waals surface area (Å²) in [6, 6.07) is 8.54. The van der Waals surface area contributed by atoms with E-state index in [1.54, 1.807) is 0 Å². The minimum atomic E-state index is -0.959. The molecule has 1 rings (SSSR count). The van der Waals surface area contributed by atoms with Crippen molar-refractivity contribution in [3.05, 3.63) is 35.9 Å². The predicted molar refractivity (Wildman–Crippen MR) is 54.3 cm³/mol. The van der Waals surface area contributed by atoms with E-state index in [0.29, 0.717) is 6.42 Å². The van der Waals surface area contributed by atoms with Gasteiger partial charge in [-0.3, -0.25) is 4.79 Å². The van der Waals surface area contributed by atoms with Crippen LogP contribution in [-0.4, -0.2) is 43.7 Å². The number of hydrogen-bond acceptors (Lipinski definition) is 2. The van der Waals surface area contributed by atoms with Crippen molar-refractivity contribution in [1.82, 2.24) is 0 Å². The molecule has 72 valence electrons. The van der Waals surface area contributed by atoms with Crippen molar-refractivity contribution in [2.24, 2.45) is 5.73 Å². The molecule has 0 saturated heterocycles. The first-order chi connectivity index (χ1) is 5.70. The zero-order chi connectivity index (χ0) is 8.97. The third-order valence-corrected chi connectivity index (χ3v) is 1.62. The summed E-state index contributed by atoms with van der Waals surface area (Å²) in [4.78, 5) is 10.4. The van der Waals surface area contributed by atoms with Crippen LogP contribution < -0.4 is 5.73 Å². The molecular formula is C9H13NO2Po. The molecule has 0 aliphatic carbocycles. The SMILES string of the molecule is N[C@@H](Cc1ccccc1)C(=O)O.[PoH2]. The zero-order valence-electron chi connectivity index (χ0n) is 7.10. The van der Waals surface area contributed by atoms with Crippen LogP contribution in [-0.2, 0) is 11.2 Å². The molecule has 3 N–H and O–H groups in total. The number of carboxylic acid groups (broad SMARTS) is 1. The van der Waals surface area contributed by atoms with E-state index in [2.05, 4.69) is 0 Å². The summed E-state index contributed by atoms with van der Waals surface area (Å²) in [6.45, 7) is 0. The Balaban J connectivity index is 0.00000144. The van der Waals surface area contributed by atoms with Crippen molar-refractivity contribution in [2.75, 3.05) is 0 Å². The molecule has 0 fully saturated rings.